The summed E-state index contributed by atoms with van der Waals surface area (Å²) in [4.78, 5) is 21.8. The first-order valence-corrected chi connectivity index (χ1v) is 11.6. The number of ether oxygens (including phenoxy) is 1. The molecule has 0 amide bonds. The second-order valence-electron chi connectivity index (χ2n) is 8.36. The minimum atomic E-state index is -0.00760. The Hall–Kier alpha value is -2.51. The van der Waals surface area contributed by atoms with Crippen molar-refractivity contribution in [1.82, 2.24) is 19.7 Å². The number of benzene rings is 1. The van der Waals surface area contributed by atoms with Crippen molar-refractivity contribution in [3.63, 3.8) is 0 Å². The number of carbonyl (C=O) groups excluding carboxylic acids is 1. The van der Waals surface area contributed by atoms with E-state index in [9.17, 15) is 4.79 Å². The quantitative estimate of drug-likeness (QED) is 0.365. The molecule has 3 heterocycles. The van der Waals surface area contributed by atoms with Crippen molar-refractivity contribution < 1.29 is 9.53 Å². The summed E-state index contributed by atoms with van der Waals surface area (Å²) in [5, 5.41) is 7.41. The fraction of sp³-hybridized carbons (Fsp3) is 0.391. The van der Waals surface area contributed by atoms with Crippen molar-refractivity contribution in [2.24, 2.45) is 7.05 Å². The predicted octanol–water partition coefficient (Wildman–Crippen LogP) is 5.56. The molecule has 1 atom stereocenters. The fourth-order valence-corrected chi connectivity index (χ4v) is 5.22. The van der Waals surface area contributed by atoms with E-state index in [0.29, 0.717) is 23.2 Å². The monoisotopic (exact) mass is 454 g/mol. The normalized spacial score (nSPS) is 15.0. The maximum absolute atomic E-state index is 12.6. The highest BCUT2D eigenvalue weighted by Gasteiger charge is 2.30. The van der Waals surface area contributed by atoms with E-state index in [4.69, 9.17) is 16.3 Å². The molecular weight excluding hydrogens is 432 g/mol. The highest BCUT2D eigenvalue weighted by Crippen LogP contribution is 2.43. The average Bonchev–Trinajstić information content (AvgIpc) is 3.40. The molecule has 160 valence electrons. The van der Waals surface area contributed by atoms with Crippen LogP contribution in [0.1, 0.15) is 54.3 Å². The topological polar surface area (TPSA) is 69.9 Å². The molecule has 1 aliphatic carbocycles. The molecule has 3 aromatic heterocycles. The van der Waals surface area contributed by atoms with E-state index in [2.05, 4.69) is 15.1 Å². The van der Waals surface area contributed by atoms with Gasteiger partial charge in [-0.05, 0) is 43.5 Å². The number of carbonyl (C=O) groups is 1. The number of thiazole rings is 1. The Kier molecular flexibility index (Phi) is 5.18. The molecule has 31 heavy (non-hydrogen) atoms. The third-order valence-corrected chi connectivity index (χ3v) is 7.15. The van der Waals surface area contributed by atoms with Crippen LogP contribution < -0.4 is 4.74 Å². The van der Waals surface area contributed by atoms with Gasteiger partial charge in [-0.1, -0.05) is 18.5 Å². The zero-order valence-corrected chi connectivity index (χ0v) is 19.3. The van der Waals surface area contributed by atoms with Crippen LogP contribution in [0.3, 0.4) is 0 Å². The number of halogens is 1. The van der Waals surface area contributed by atoms with Crippen LogP contribution in [0.5, 0.6) is 5.88 Å². The molecule has 0 bridgehead atoms. The first kappa shape index (κ1) is 20.4. The zero-order chi connectivity index (χ0) is 21.7. The van der Waals surface area contributed by atoms with Gasteiger partial charge >= 0.3 is 0 Å². The van der Waals surface area contributed by atoms with Crippen molar-refractivity contribution in [3.8, 4) is 5.88 Å². The van der Waals surface area contributed by atoms with Gasteiger partial charge in [-0.2, -0.15) is 10.1 Å². The molecule has 5 rings (SSSR count). The molecule has 0 N–H and O–H groups in total. The Morgan fingerprint density at radius 3 is 2.90 bits per heavy atom. The van der Waals surface area contributed by atoms with Gasteiger partial charge in [-0.3, -0.25) is 9.48 Å². The van der Waals surface area contributed by atoms with Crippen LogP contribution >= 0.6 is 22.9 Å². The molecule has 8 heteroatoms. The summed E-state index contributed by atoms with van der Waals surface area (Å²) in [6.45, 7) is 4.06. The van der Waals surface area contributed by atoms with E-state index < -0.39 is 0 Å². The number of hydrogen-bond donors (Lipinski definition) is 0. The van der Waals surface area contributed by atoms with Crippen molar-refractivity contribution >= 4 is 50.0 Å². The smallest absolute Gasteiger partial charge is 0.215 e. The number of Topliss-reactive ketones (excluding diaryl/α,β-unsaturated/α-hetero) is 1. The second kappa shape index (κ2) is 7.88. The number of pyridine rings is 1. The largest absolute Gasteiger partial charge is 0.470 e. The van der Waals surface area contributed by atoms with Crippen LogP contribution in [0.2, 0.25) is 5.02 Å². The van der Waals surface area contributed by atoms with E-state index in [0.717, 1.165) is 37.5 Å². The third kappa shape index (κ3) is 4.04. The molecule has 0 saturated heterocycles. The van der Waals surface area contributed by atoms with Gasteiger partial charge in [-0.15, -0.1) is 11.3 Å². The molecule has 1 aromatic carbocycles. The molecular formula is C23H23ClN4O2S. The van der Waals surface area contributed by atoms with Crippen LogP contribution in [0, 0.1) is 6.92 Å². The molecule has 0 radical (unpaired) electrons. The van der Waals surface area contributed by atoms with Gasteiger partial charge < -0.3 is 4.74 Å². The lowest BCUT2D eigenvalue weighted by Crippen LogP contribution is -2.14. The number of ketones is 1. The molecule has 0 aliphatic heterocycles. The van der Waals surface area contributed by atoms with Gasteiger partial charge in [0.1, 0.15) is 6.61 Å². The Balaban J connectivity index is 1.26. The van der Waals surface area contributed by atoms with Crippen LogP contribution in [0.4, 0.5) is 0 Å². The minimum absolute atomic E-state index is 0.00760. The van der Waals surface area contributed by atoms with Gasteiger partial charge in [0.05, 0.1) is 20.9 Å². The summed E-state index contributed by atoms with van der Waals surface area (Å²) in [6, 6.07) is 7.56. The summed E-state index contributed by atoms with van der Waals surface area (Å²) in [7, 11) is 1.91. The van der Waals surface area contributed by atoms with Gasteiger partial charge in [0.25, 0.3) is 0 Å². The van der Waals surface area contributed by atoms with Crippen molar-refractivity contribution in [2.45, 2.75) is 44.9 Å². The van der Waals surface area contributed by atoms with Crippen molar-refractivity contribution in [2.75, 3.05) is 6.61 Å². The van der Waals surface area contributed by atoms with E-state index >= 15 is 0 Å². The van der Waals surface area contributed by atoms with Gasteiger partial charge in [0.15, 0.2) is 11.4 Å². The lowest BCUT2D eigenvalue weighted by molar-refractivity contribution is -0.121. The van der Waals surface area contributed by atoms with Gasteiger partial charge in [0.2, 0.25) is 5.88 Å². The molecule has 1 fully saturated rings. The number of fused-ring (bicyclic) bond motifs is 2. The van der Waals surface area contributed by atoms with Gasteiger partial charge in [0, 0.05) is 41.8 Å². The average molecular weight is 455 g/mol. The minimum Gasteiger partial charge on any atom is -0.470 e. The number of aromatic nitrogens is 4. The summed E-state index contributed by atoms with van der Waals surface area (Å²) in [5.41, 5.74) is 3.94. The Morgan fingerprint density at radius 1 is 1.32 bits per heavy atom. The highest BCUT2D eigenvalue weighted by atomic mass is 35.5. The Bertz CT molecular complexity index is 1310. The van der Waals surface area contributed by atoms with Crippen LogP contribution in [-0.2, 0) is 11.8 Å². The number of hydrogen-bond acceptors (Lipinski definition) is 6. The van der Waals surface area contributed by atoms with E-state index in [-0.39, 0.29) is 18.3 Å². The molecule has 0 spiro atoms. The summed E-state index contributed by atoms with van der Waals surface area (Å²) >= 11 is 7.65. The summed E-state index contributed by atoms with van der Waals surface area (Å²) in [5.74, 6) is 1.05. The number of aryl methyl sites for hydroxylation is 2. The molecule has 4 aromatic rings. The summed E-state index contributed by atoms with van der Waals surface area (Å²) < 4.78 is 8.62. The van der Waals surface area contributed by atoms with Crippen LogP contribution in [0.25, 0.3) is 21.3 Å². The van der Waals surface area contributed by atoms with E-state index in [1.165, 1.54) is 12.8 Å². The molecule has 1 unspecified atom stereocenters. The molecule has 1 aliphatic rings. The molecule has 6 nitrogen and oxygen atoms in total. The maximum atomic E-state index is 12.6. The Morgan fingerprint density at radius 2 is 2.13 bits per heavy atom. The fourth-order valence-electron chi connectivity index (χ4n) is 3.92. The van der Waals surface area contributed by atoms with Gasteiger partial charge in [-0.25, -0.2) is 4.98 Å². The lowest BCUT2D eigenvalue weighted by atomic mass is 10.1. The predicted molar refractivity (Wildman–Crippen MR) is 123 cm³/mol. The van der Waals surface area contributed by atoms with Crippen molar-refractivity contribution in [1.29, 1.82) is 0 Å². The zero-order valence-electron chi connectivity index (χ0n) is 17.7. The van der Waals surface area contributed by atoms with Crippen LogP contribution in [-0.4, -0.2) is 32.1 Å². The van der Waals surface area contributed by atoms with Crippen molar-refractivity contribution in [3.05, 3.63) is 45.6 Å². The highest BCUT2D eigenvalue weighted by molar-refractivity contribution is 7.18. The summed E-state index contributed by atoms with van der Waals surface area (Å²) in [6.07, 6.45) is 2.75. The standard InChI is InChI=1S/C23H23ClN4O2S/c1-12-9-19(26-22-20(12)21(14-4-5-14)27-28(22)3)30-11-16(29)8-13(2)23-25-17-7-6-15(24)10-18(17)31-23/h6-7,9-10,13-14H,4-5,8,11H2,1-3H3. The first-order chi connectivity index (χ1) is 14.9. The van der Waals surface area contributed by atoms with E-state index in [1.54, 1.807) is 11.3 Å². The number of rotatable bonds is 7. The molecule has 1 saturated carbocycles. The third-order valence-electron chi connectivity index (χ3n) is 5.66. The SMILES string of the molecule is Cc1cc(OCC(=O)CC(C)c2nc3ccc(Cl)cc3s2)nc2c1c(C1CC1)nn2C. The number of nitrogens with zero attached hydrogens (tertiary/aromatic N) is 4. The van der Waals surface area contributed by atoms with Crippen LogP contribution in [0.15, 0.2) is 24.3 Å². The lowest BCUT2D eigenvalue weighted by Gasteiger charge is -2.09. The second-order valence-corrected chi connectivity index (χ2v) is 9.85. The first-order valence-electron chi connectivity index (χ1n) is 10.4. The maximum Gasteiger partial charge on any atom is 0.215 e. The Labute approximate surface area is 189 Å². The van der Waals surface area contributed by atoms with E-state index in [1.807, 2.05) is 49.8 Å².